The molecule has 2 amide bonds. The third-order valence-electron chi connectivity index (χ3n) is 3.33. The fraction of sp³-hybridized carbons (Fsp3) is 0.571. The number of aliphatic hydroxyl groups is 1. The highest BCUT2D eigenvalue weighted by molar-refractivity contribution is 5.94. The van der Waals surface area contributed by atoms with Crippen molar-refractivity contribution in [1.82, 2.24) is 9.80 Å². The standard InChI is InChI=1S/C14H20N2O5/c1-10-6-16(7-11(9-17)21-10)13(18)8-15(2)14(19)12-4-3-5-20-12/h3-5,10-11,17H,6-9H2,1-2H3. The molecule has 0 aliphatic carbocycles. The van der Waals surface area contributed by atoms with E-state index in [0.717, 1.165) is 0 Å². The van der Waals surface area contributed by atoms with E-state index in [1.165, 1.54) is 11.2 Å². The number of rotatable bonds is 4. The molecule has 0 radical (unpaired) electrons. The van der Waals surface area contributed by atoms with Crippen molar-refractivity contribution < 1.29 is 23.8 Å². The van der Waals surface area contributed by atoms with Gasteiger partial charge in [0.15, 0.2) is 5.76 Å². The van der Waals surface area contributed by atoms with Gasteiger partial charge in [0, 0.05) is 20.1 Å². The fourth-order valence-corrected chi connectivity index (χ4v) is 2.31. The lowest BCUT2D eigenvalue weighted by molar-refractivity contribution is -0.147. The van der Waals surface area contributed by atoms with E-state index >= 15 is 0 Å². The molecule has 2 atom stereocenters. The van der Waals surface area contributed by atoms with Crippen LogP contribution < -0.4 is 0 Å². The summed E-state index contributed by atoms with van der Waals surface area (Å²) in [5.74, 6) is -0.312. The Morgan fingerprint density at radius 1 is 1.48 bits per heavy atom. The van der Waals surface area contributed by atoms with Crippen LogP contribution in [0.4, 0.5) is 0 Å². The van der Waals surface area contributed by atoms with Crippen LogP contribution in [0.15, 0.2) is 22.8 Å². The van der Waals surface area contributed by atoms with Gasteiger partial charge in [-0.1, -0.05) is 0 Å². The van der Waals surface area contributed by atoms with Crippen molar-refractivity contribution in [2.75, 3.05) is 33.3 Å². The summed E-state index contributed by atoms with van der Waals surface area (Å²) in [7, 11) is 1.55. The summed E-state index contributed by atoms with van der Waals surface area (Å²) in [6, 6.07) is 3.18. The molecule has 0 spiro atoms. The maximum atomic E-state index is 12.3. The number of aliphatic hydroxyl groups excluding tert-OH is 1. The zero-order valence-corrected chi connectivity index (χ0v) is 12.2. The summed E-state index contributed by atoms with van der Waals surface area (Å²) in [4.78, 5) is 27.2. The highest BCUT2D eigenvalue weighted by atomic mass is 16.5. The van der Waals surface area contributed by atoms with E-state index in [-0.39, 0.29) is 42.9 Å². The largest absolute Gasteiger partial charge is 0.459 e. The Labute approximate surface area is 123 Å². The molecule has 1 aliphatic rings. The first-order chi connectivity index (χ1) is 10.0. The van der Waals surface area contributed by atoms with Crippen LogP contribution in [0.5, 0.6) is 0 Å². The number of hydrogen-bond donors (Lipinski definition) is 1. The van der Waals surface area contributed by atoms with Gasteiger partial charge in [0.2, 0.25) is 5.91 Å². The molecule has 2 heterocycles. The third kappa shape index (κ3) is 3.83. The minimum absolute atomic E-state index is 0.0373. The number of morpholine rings is 1. The summed E-state index contributed by atoms with van der Waals surface area (Å²) >= 11 is 0. The van der Waals surface area contributed by atoms with Gasteiger partial charge in [0.25, 0.3) is 5.91 Å². The van der Waals surface area contributed by atoms with E-state index in [1.807, 2.05) is 6.92 Å². The molecule has 7 heteroatoms. The molecule has 1 aliphatic heterocycles. The highest BCUT2D eigenvalue weighted by Gasteiger charge is 2.29. The maximum Gasteiger partial charge on any atom is 0.289 e. The lowest BCUT2D eigenvalue weighted by Gasteiger charge is -2.36. The first kappa shape index (κ1) is 15.5. The number of nitrogens with zero attached hydrogens (tertiary/aromatic N) is 2. The van der Waals surface area contributed by atoms with Crippen molar-refractivity contribution in [2.45, 2.75) is 19.1 Å². The van der Waals surface area contributed by atoms with Crippen LogP contribution in [0, 0.1) is 0 Å². The van der Waals surface area contributed by atoms with Crippen molar-refractivity contribution >= 4 is 11.8 Å². The molecule has 1 aromatic heterocycles. The van der Waals surface area contributed by atoms with Crippen molar-refractivity contribution in [3.05, 3.63) is 24.2 Å². The van der Waals surface area contributed by atoms with Crippen LogP contribution in [0.25, 0.3) is 0 Å². The molecular weight excluding hydrogens is 276 g/mol. The fourth-order valence-electron chi connectivity index (χ4n) is 2.31. The summed E-state index contributed by atoms with van der Waals surface area (Å²) < 4.78 is 10.5. The average Bonchev–Trinajstić information content (AvgIpc) is 2.99. The molecular formula is C14H20N2O5. The Hall–Kier alpha value is -1.86. The van der Waals surface area contributed by atoms with Gasteiger partial charge < -0.3 is 24.1 Å². The molecule has 1 aromatic rings. The zero-order chi connectivity index (χ0) is 15.4. The van der Waals surface area contributed by atoms with Gasteiger partial charge in [-0.15, -0.1) is 0 Å². The van der Waals surface area contributed by atoms with Gasteiger partial charge in [0.1, 0.15) is 0 Å². The number of furan rings is 1. The van der Waals surface area contributed by atoms with Crippen LogP contribution >= 0.6 is 0 Å². The lowest BCUT2D eigenvalue weighted by atomic mass is 10.2. The second-order valence-corrected chi connectivity index (χ2v) is 5.19. The van der Waals surface area contributed by atoms with Crippen molar-refractivity contribution in [3.8, 4) is 0 Å². The van der Waals surface area contributed by atoms with Crippen molar-refractivity contribution in [3.63, 3.8) is 0 Å². The first-order valence-electron chi connectivity index (χ1n) is 6.84. The summed E-state index contributed by atoms with van der Waals surface area (Å²) in [5.41, 5.74) is 0. The van der Waals surface area contributed by atoms with E-state index in [4.69, 9.17) is 14.3 Å². The van der Waals surface area contributed by atoms with E-state index in [1.54, 1.807) is 24.1 Å². The molecule has 21 heavy (non-hydrogen) atoms. The number of likely N-dealkylation sites (N-methyl/N-ethyl adjacent to an activating group) is 1. The number of ether oxygens (including phenoxy) is 1. The van der Waals surface area contributed by atoms with Crippen LogP contribution in [0.1, 0.15) is 17.5 Å². The van der Waals surface area contributed by atoms with E-state index < -0.39 is 0 Å². The molecule has 0 bridgehead atoms. The summed E-state index contributed by atoms with van der Waals surface area (Å²) in [6.45, 7) is 2.47. The monoisotopic (exact) mass is 296 g/mol. The Balaban J connectivity index is 1.92. The molecule has 0 saturated carbocycles. The van der Waals surface area contributed by atoms with Gasteiger partial charge in [-0.2, -0.15) is 0 Å². The number of hydrogen-bond acceptors (Lipinski definition) is 5. The minimum Gasteiger partial charge on any atom is -0.459 e. The van der Waals surface area contributed by atoms with E-state index in [9.17, 15) is 9.59 Å². The Kier molecular flexibility index (Phi) is 4.98. The summed E-state index contributed by atoms with van der Waals surface area (Å²) in [6.07, 6.45) is 0.910. The van der Waals surface area contributed by atoms with E-state index in [2.05, 4.69) is 0 Å². The quantitative estimate of drug-likeness (QED) is 0.843. The zero-order valence-electron chi connectivity index (χ0n) is 12.2. The molecule has 2 unspecified atom stereocenters. The SMILES string of the molecule is CC1CN(C(=O)CN(C)C(=O)c2ccco2)CC(CO)O1. The van der Waals surface area contributed by atoms with E-state index in [0.29, 0.717) is 13.1 Å². The molecule has 2 rings (SSSR count). The minimum atomic E-state index is -0.371. The Morgan fingerprint density at radius 3 is 2.86 bits per heavy atom. The number of amides is 2. The summed E-state index contributed by atoms with van der Waals surface area (Å²) in [5, 5.41) is 9.16. The third-order valence-corrected chi connectivity index (χ3v) is 3.33. The molecule has 1 saturated heterocycles. The van der Waals surface area contributed by atoms with Crippen LogP contribution in [-0.2, 0) is 9.53 Å². The predicted molar refractivity (Wildman–Crippen MR) is 73.7 cm³/mol. The molecule has 1 N–H and O–H groups in total. The number of carbonyl (C=O) groups excluding carboxylic acids is 2. The topological polar surface area (TPSA) is 83.2 Å². The van der Waals surface area contributed by atoms with Gasteiger partial charge in [-0.3, -0.25) is 9.59 Å². The van der Waals surface area contributed by atoms with Gasteiger partial charge in [0.05, 0.1) is 31.6 Å². The van der Waals surface area contributed by atoms with Crippen LogP contribution in [-0.4, -0.2) is 72.2 Å². The Morgan fingerprint density at radius 2 is 2.24 bits per heavy atom. The molecule has 1 fully saturated rings. The lowest BCUT2D eigenvalue weighted by Crippen LogP contribution is -2.52. The molecule has 0 aromatic carbocycles. The normalized spacial score (nSPS) is 22.1. The Bertz CT molecular complexity index is 488. The van der Waals surface area contributed by atoms with Gasteiger partial charge in [-0.25, -0.2) is 0 Å². The molecule has 116 valence electrons. The highest BCUT2D eigenvalue weighted by Crippen LogP contribution is 2.12. The second kappa shape index (κ2) is 6.73. The number of carbonyl (C=O) groups is 2. The van der Waals surface area contributed by atoms with Crippen LogP contribution in [0.3, 0.4) is 0 Å². The van der Waals surface area contributed by atoms with Gasteiger partial charge in [-0.05, 0) is 19.1 Å². The molecule has 7 nitrogen and oxygen atoms in total. The van der Waals surface area contributed by atoms with Gasteiger partial charge >= 0.3 is 0 Å². The average molecular weight is 296 g/mol. The van der Waals surface area contributed by atoms with Crippen molar-refractivity contribution in [1.29, 1.82) is 0 Å². The van der Waals surface area contributed by atoms with Crippen LogP contribution in [0.2, 0.25) is 0 Å². The second-order valence-electron chi connectivity index (χ2n) is 5.19. The smallest absolute Gasteiger partial charge is 0.289 e. The van der Waals surface area contributed by atoms with Crippen molar-refractivity contribution in [2.24, 2.45) is 0 Å². The first-order valence-corrected chi connectivity index (χ1v) is 6.84. The predicted octanol–water partition coefficient (Wildman–Crippen LogP) is -0.0402. The maximum absolute atomic E-state index is 12.3.